The summed E-state index contributed by atoms with van der Waals surface area (Å²) in [5, 5.41) is 5.74. The molecule has 0 aromatic heterocycles. The van der Waals surface area contributed by atoms with Crippen LogP contribution in [-0.2, 0) is 19.6 Å². The molecule has 0 radical (unpaired) electrons. The van der Waals surface area contributed by atoms with Crippen molar-refractivity contribution >= 4 is 27.5 Å². The van der Waals surface area contributed by atoms with Gasteiger partial charge in [0.05, 0.1) is 16.5 Å². The predicted molar refractivity (Wildman–Crippen MR) is 129 cm³/mol. The van der Waals surface area contributed by atoms with Crippen LogP contribution in [0.4, 0.5) is 5.69 Å². The van der Waals surface area contributed by atoms with Gasteiger partial charge in [-0.1, -0.05) is 37.3 Å². The summed E-state index contributed by atoms with van der Waals surface area (Å²) in [6, 6.07) is 13.1. The molecular formula is C25H31N3O5S. The van der Waals surface area contributed by atoms with E-state index in [0.717, 1.165) is 5.56 Å². The van der Waals surface area contributed by atoms with Crippen molar-refractivity contribution in [1.82, 2.24) is 9.62 Å². The number of hydrogen-bond acceptors (Lipinski definition) is 5. The van der Waals surface area contributed by atoms with Gasteiger partial charge in [-0.25, -0.2) is 8.42 Å². The Kier molecular flexibility index (Phi) is 6.95. The number of carbonyl (C=O) groups is 2. The van der Waals surface area contributed by atoms with Crippen LogP contribution in [0.1, 0.15) is 43.7 Å². The molecule has 3 atom stereocenters. The molecule has 2 aliphatic heterocycles. The number of benzene rings is 2. The smallest absolute Gasteiger partial charge is 0.265 e. The van der Waals surface area contributed by atoms with Gasteiger partial charge in [0, 0.05) is 25.7 Å². The maximum absolute atomic E-state index is 13.5. The SMILES string of the molecule is Cc1cc2c(cc1S(=O)(=O)N1CCC[C@H](C(=O)NC[C@H](C)c3ccccc3)C1)O[C@H](C)C(=O)N2. The number of nitrogens with zero attached hydrogens (tertiary/aromatic N) is 1. The lowest BCUT2D eigenvalue weighted by atomic mass is 9.97. The van der Waals surface area contributed by atoms with Gasteiger partial charge in [-0.15, -0.1) is 0 Å². The summed E-state index contributed by atoms with van der Waals surface area (Å²) in [6.07, 6.45) is 0.555. The van der Waals surface area contributed by atoms with E-state index in [4.69, 9.17) is 4.74 Å². The first-order chi connectivity index (χ1) is 16.2. The number of fused-ring (bicyclic) bond motifs is 1. The molecule has 2 heterocycles. The zero-order chi connectivity index (χ0) is 24.5. The lowest BCUT2D eigenvalue weighted by molar-refractivity contribution is -0.126. The monoisotopic (exact) mass is 485 g/mol. The third-order valence-corrected chi connectivity index (χ3v) is 8.54. The lowest BCUT2D eigenvalue weighted by Crippen LogP contribution is -2.46. The Labute approximate surface area is 200 Å². The molecule has 2 aliphatic rings. The van der Waals surface area contributed by atoms with Crippen molar-refractivity contribution < 1.29 is 22.7 Å². The van der Waals surface area contributed by atoms with Crippen LogP contribution in [0.5, 0.6) is 5.75 Å². The first kappa shape index (κ1) is 24.2. The maximum atomic E-state index is 13.5. The quantitative estimate of drug-likeness (QED) is 0.654. The third-order valence-electron chi connectivity index (χ3n) is 6.53. The van der Waals surface area contributed by atoms with Crippen LogP contribution in [0, 0.1) is 12.8 Å². The van der Waals surface area contributed by atoms with Gasteiger partial charge in [-0.2, -0.15) is 4.31 Å². The number of amides is 2. The highest BCUT2D eigenvalue weighted by Crippen LogP contribution is 2.36. The molecule has 182 valence electrons. The van der Waals surface area contributed by atoms with E-state index in [9.17, 15) is 18.0 Å². The molecule has 0 aliphatic carbocycles. The van der Waals surface area contributed by atoms with Gasteiger partial charge < -0.3 is 15.4 Å². The summed E-state index contributed by atoms with van der Waals surface area (Å²) < 4.78 is 34.0. The lowest BCUT2D eigenvalue weighted by Gasteiger charge is -2.32. The summed E-state index contributed by atoms with van der Waals surface area (Å²) in [4.78, 5) is 24.9. The second kappa shape index (κ2) is 9.76. The molecule has 4 rings (SSSR count). The second-order valence-electron chi connectivity index (χ2n) is 9.12. The fourth-order valence-corrected chi connectivity index (χ4v) is 6.18. The highest BCUT2D eigenvalue weighted by atomic mass is 32.2. The van der Waals surface area contributed by atoms with Gasteiger partial charge in [0.15, 0.2) is 6.10 Å². The standard InChI is InChI=1S/C25H31N3O5S/c1-16-12-21-22(33-18(3)24(29)27-21)13-23(16)34(31,32)28-11-7-10-20(15-28)25(30)26-14-17(2)19-8-5-4-6-9-19/h4-6,8-9,12-13,17-18,20H,7,10-11,14-15H2,1-3H3,(H,26,30)(H,27,29)/t17-,18+,20-/m0/s1. The van der Waals surface area contributed by atoms with Gasteiger partial charge in [0.2, 0.25) is 15.9 Å². The van der Waals surface area contributed by atoms with Crippen LogP contribution < -0.4 is 15.4 Å². The number of ether oxygens (including phenoxy) is 1. The van der Waals surface area contributed by atoms with Crippen molar-refractivity contribution in [2.75, 3.05) is 25.0 Å². The van der Waals surface area contributed by atoms with Gasteiger partial charge in [0.1, 0.15) is 5.75 Å². The fourth-order valence-electron chi connectivity index (χ4n) is 4.43. The van der Waals surface area contributed by atoms with Crippen molar-refractivity contribution in [2.45, 2.75) is 50.5 Å². The molecule has 0 spiro atoms. The average molecular weight is 486 g/mol. The van der Waals surface area contributed by atoms with Crippen LogP contribution >= 0.6 is 0 Å². The normalized spacial score (nSPS) is 21.7. The van der Waals surface area contributed by atoms with Gasteiger partial charge in [0.25, 0.3) is 5.91 Å². The van der Waals surface area contributed by atoms with E-state index in [1.54, 1.807) is 19.9 Å². The molecular weight excluding hydrogens is 454 g/mol. The number of anilines is 1. The van der Waals surface area contributed by atoms with E-state index in [1.807, 2.05) is 30.3 Å². The Balaban J connectivity index is 1.45. The topological polar surface area (TPSA) is 105 Å². The van der Waals surface area contributed by atoms with Crippen LogP contribution in [-0.4, -0.2) is 50.3 Å². The van der Waals surface area contributed by atoms with Gasteiger partial charge in [-0.3, -0.25) is 9.59 Å². The molecule has 0 unspecified atom stereocenters. The number of carbonyl (C=O) groups excluding carboxylic acids is 2. The Morgan fingerprint density at radius 2 is 2.00 bits per heavy atom. The molecule has 2 aromatic carbocycles. The third kappa shape index (κ3) is 4.95. The van der Waals surface area contributed by atoms with Gasteiger partial charge >= 0.3 is 0 Å². The number of nitrogens with one attached hydrogen (secondary N) is 2. The summed E-state index contributed by atoms with van der Waals surface area (Å²) in [6.45, 7) is 6.35. The molecule has 1 fully saturated rings. The number of piperidine rings is 1. The summed E-state index contributed by atoms with van der Waals surface area (Å²) in [7, 11) is -3.84. The van der Waals surface area contributed by atoms with Crippen molar-refractivity contribution in [3.05, 3.63) is 53.6 Å². The van der Waals surface area contributed by atoms with Crippen LogP contribution in [0.3, 0.4) is 0 Å². The minimum atomic E-state index is -3.84. The molecule has 2 aromatic rings. The highest BCUT2D eigenvalue weighted by Gasteiger charge is 2.35. The van der Waals surface area contributed by atoms with E-state index in [1.165, 1.54) is 10.4 Å². The number of sulfonamides is 1. The summed E-state index contributed by atoms with van der Waals surface area (Å²) in [5.74, 6) is -0.300. The molecule has 0 bridgehead atoms. The van der Waals surface area contributed by atoms with Crippen molar-refractivity contribution in [1.29, 1.82) is 0 Å². The van der Waals surface area contributed by atoms with Crippen LogP contribution in [0.2, 0.25) is 0 Å². The zero-order valence-corrected chi connectivity index (χ0v) is 20.5. The van der Waals surface area contributed by atoms with E-state index >= 15 is 0 Å². The number of aryl methyl sites for hydroxylation is 1. The highest BCUT2D eigenvalue weighted by molar-refractivity contribution is 7.89. The first-order valence-corrected chi connectivity index (χ1v) is 13.1. The van der Waals surface area contributed by atoms with Crippen molar-refractivity contribution in [3.8, 4) is 5.75 Å². The Hall–Kier alpha value is -2.91. The summed E-state index contributed by atoms with van der Waals surface area (Å²) in [5.41, 5.74) is 2.12. The average Bonchev–Trinajstić information content (AvgIpc) is 2.83. The largest absolute Gasteiger partial charge is 0.479 e. The predicted octanol–water partition coefficient (Wildman–Crippen LogP) is 3.04. The minimum absolute atomic E-state index is 0.121. The molecule has 1 saturated heterocycles. The van der Waals surface area contributed by atoms with E-state index < -0.39 is 22.0 Å². The Morgan fingerprint density at radius 1 is 1.26 bits per heavy atom. The van der Waals surface area contributed by atoms with Crippen LogP contribution in [0.25, 0.3) is 0 Å². The minimum Gasteiger partial charge on any atom is -0.479 e. The van der Waals surface area contributed by atoms with Gasteiger partial charge in [-0.05, 0) is 49.8 Å². The van der Waals surface area contributed by atoms with E-state index in [2.05, 4.69) is 17.6 Å². The van der Waals surface area contributed by atoms with Crippen molar-refractivity contribution in [3.63, 3.8) is 0 Å². The fraction of sp³-hybridized carbons (Fsp3) is 0.440. The summed E-state index contributed by atoms with van der Waals surface area (Å²) >= 11 is 0. The second-order valence-corrected chi connectivity index (χ2v) is 11.0. The molecule has 2 N–H and O–H groups in total. The first-order valence-electron chi connectivity index (χ1n) is 11.6. The maximum Gasteiger partial charge on any atom is 0.265 e. The zero-order valence-electron chi connectivity index (χ0n) is 19.7. The van der Waals surface area contributed by atoms with E-state index in [0.29, 0.717) is 42.9 Å². The Morgan fingerprint density at radius 3 is 2.74 bits per heavy atom. The Bertz CT molecular complexity index is 1180. The van der Waals surface area contributed by atoms with Crippen LogP contribution in [0.15, 0.2) is 47.4 Å². The number of rotatable bonds is 6. The molecule has 2 amide bonds. The molecule has 8 nitrogen and oxygen atoms in total. The van der Waals surface area contributed by atoms with Crippen molar-refractivity contribution in [2.24, 2.45) is 5.92 Å². The van der Waals surface area contributed by atoms with E-state index in [-0.39, 0.29) is 29.2 Å². The number of hydrogen-bond donors (Lipinski definition) is 2. The molecule has 0 saturated carbocycles. The molecule has 34 heavy (non-hydrogen) atoms. The molecule has 9 heteroatoms.